The Morgan fingerprint density at radius 2 is 1.79 bits per heavy atom. The lowest BCUT2D eigenvalue weighted by Gasteiger charge is -2.32. The van der Waals surface area contributed by atoms with Crippen LogP contribution < -0.4 is 21.3 Å². The number of fused-ring (bicyclic) bond motifs is 1. The second-order valence-electron chi connectivity index (χ2n) is 11.5. The summed E-state index contributed by atoms with van der Waals surface area (Å²) >= 11 is 0. The zero-order chi connectivity index (χ0) is 31.5. The second kappa shape index (κ2) is 16.2. The molecule has 43 heavy (non-hydrogen) atoms. The van der Waals surface area contributed by atoms with Gasteiger partial charge < -0.3 is 41.0 Å². The number of likely N-dealkylation sites (tertiary alicyclic amines) is 1. The van der Waals surface area contributed by atoms with Gasteiger partial charge in [-0.3, -0.25) is 14.3 Å². The number of aldehydes is 2. The van der Waals surface area contributed by atoms with Gasteiger partial charge in [0.25, 0.3) is 0 Å². The number of piperidine rings is 1. The van der Waals surface area contributed by atoms with Gasteiger partial charge in [-0.2, -0.15) is 5.10 Å². The molecule has 2 aromatic rings. The predicted molar refractivity (Wildman–Crippen MR) is 169 cm³/mol. The van der Waals surface area contributed by atoms with Gasteiger partial charge in [0.1, 0.15) is 18.7 Å². The summed E-state index contributed by atoms with van der Waals surface area (Å²) in [5.74, 6) is -0.479. The van der Waals surface area contributed by atoms with Crippen LogP contribution in [0.1, 0.15) is 40.2 Å². The van der Waals surface area contributed by atoms with E-state index >= 15 is 0 Å². The van der Waals surface area contributed by atoms with Crippen molar-refractivity contribution in [3.63, 3.8) is 0 Å². The molecule has 0 saturated carbocycles. The fourth-order valence-corrected chi connectivity index (χ4v) is 5.44. The van der Waals surface area contributed by atoms with Crippen LogP contribution in [0.25, 0.3) is 0 Å². The monoisotopic (exact) mass is 596 g/mol. The highest BCUT2D eigenvalue weighted by Crippen LogP contribution is 2.34. The molecule has 236 valence electrons. The number of carbonyl (C=O) groups is 3. The van der Waals surface area contributed by atoms with Crippen LogP contribution in [0.5, 0.6) is 0 Å². The Bertz CT molecular complexity index is 1240. The number of hydrogen-bond donors (Lipinski definition) is 5. The van der Waals surface area contributed by atoms with Gasteiger partial charge in [-0.15, -0.1) is 0 Å². The maximum absolute atomic E-state index is 12.1. The standard InChI is InChI=1S/C23H32N6O3.C8H16N2O/c1-14-7-21-22(9-17(14)12-30)27-23(26-21)19(13-31)20(5-6-24-4)25-10-18(32)11-29-16(3)8-15(2)28-29;1-9-5-3-8(4-6-9)10(2)7-11/h5-9,12-13,18-20,23-27,32H,10-11H2,1-4H3;7-8H,3-6H2,1-2H3/b6-5-;. The van der Waals surface area contributed by atoms with Crippen LogP contribution in [0.4, 0.5) is 11.4 Å². The minimum atomic E-state index is -0.676. The summed E-state index contributed by atoms with van der Waals surface area (Å²) < 4.78 is 1.78. The van der Waals surface area contributed by atoms with Gasteiger partial charge in [0.15, 0.2) is 0 Å². The zero-order valence-electron chi connectivity index (χ0n) is 26.2. The summed E-state index contributed by atoms with van der Waals surface area (Å²) in [6.07, 6.45) is 7.47. The van der Waals surface area contributed by atoms with Crippen molar-refractivity contribution >= 4 is 30.4 Å². The van der Waals surface area contributed by atoms with Crippen LogP contribution in [0.15, 0.2) is 30.5 Å². The van der Waals surface area contributed by atoms with Crippen LogP contribution in [0, 0.1) is 26.7 Å². The molecule has 1 fully saturated rings. The maximum Gasteiger partial charge on any atom is 0.209 e. The van der Waals surface area contributed by atoms with Crippen molar-refractivity contribution in [2.24, 2.45) is 5.92 Å². The van der Waals surface area contributed by atoms with Gasteiger partial charge in [0.05, 0.1) is 35.6 Å². The van der Waals surface area contributed by atoms with Gasteiger partial charge in [-0.05, 0) is 83.7 Å². The van der Waals surface area contributed by atoms with Gasteiger partial charge in [-0.1, -0.05) is 6.08 Å². The van der Waals surface area contributed by atoms with E-state index in [4.69, 9.17) is 0 Å². The van der Waals surface area contributed by atoms with E-state index in [1.54, 1.807) is 28.9 Å². The van der Waals surface area contributed by atoms with Crippen molar-refractivity contribution in [1.29, 1.82) is 0 Å². The highest BCUT2D eigenvalue weighted by atomic mass is 16.3. The molecule has 1 amide bonds. The molecule has 2 aliphatic heterocycles. The first-order chi connectivity index (χ1) is 20.6. The number of aromatic nitrogens is 2. The third-order valence-electron chi connectivity index (χ3n) is 8.09. The molecule has 1 saturated heterocycles. The van der Waals surface area contributed by atoms with Crippen LogP contribution in [0.2, 0.25) is 0 Å². The van der Waals surface area contributed by atoms with E-state index in [2.05, 4.69) is 38.3 Å². The molecule has 12 heteroatoms. The van der Waals surface area contributed by atoms with Gasteiger partial charge in [-0.25, -0.2) is 0 Å². The van der Waals surface area contributed by atoms with Crippen molar-refractivity contribution in [1.82, 2.24) is 30.2 Å². The van der Waals surface area contributed by atoms with E-state index in [0.717, 1.165) is 73.2 Å². The molecule has 1 aromatic carbocycles. The van der Waals surface area contributed by atoms with Crippen LogP contribution >= 0.6 is 0 Å². The molecule has 0 aliphatic carbocycles. The summed E-state index contributed by atoms with van der Waals surface area (Å²) in [6.45, 7) is 8.62. The van der Waals surface area contributed by atoms with E-state index in [1.165, 1.54) is 0 Å². The van der Waals surface area contributed by atoms with E-state index in [9.17, 15) is 19.5 Å². The van der Waals surface area contributed by atoms with Crippen molar-refractivity contribution < 1.29 is 19.5 Å². The molecule has 4 rings (SSSR count). The first-order valence-electron chi connectivity index (χ1n) is 14.8. The van der Waals surface area contributed by atoms with Crippen molar-refractivity contribution in [2.45, 2.75) is 64.5 Å². The van der Waals surface area contributed by atoms with E-state index in [1.807, 2.05) is 46.0 Å². The molecule has 2 aliphatic rings. The Hall–Kier alpha value is -3.74. The van der Waals surface area contributed by atoms with Crippen molar-refractivity contribution in [3.05, 3.63) is 53.0 Å². The van der Waals surface area contributed by atoms with E-state index < -0.39 is 12.0 Å². The highest BCUT2D eigenvalue weighted by Gasteiger charge is 2.33. The normalized spacial score (nSPS) is 18.8. The molecule has 0 spiro atoms. The second-order valence-corrected chi connectivity index (χ2v) is 11.5. The molecule has 12 nitrogen and oxygen atoms in total. The topological polar surface area (TPSA) is 144 Å². The first kappa shape index (κ1) is 33.8. The van der Waals surface area contributed by atoms with Crippen LogP contribution in [-0.4, -0.2) is 109 Å². The fraction of sp³-hybridized carbons (Fsp3) is 0.548. The van der Waals surface area contributed by atoms with E-state index in [-0.39, 0.29) is 18.8 Å². The third kappa shape index (κ3) is 9.37. The Morgan fingerprint density at radius 1 is 1.12 bits per heavy atom. The number of aryl methyl sites for hydroxylation is 3. The summed E-state index contributed by atoms with van der Waals surface area (Å²) in [5, 5.41) is 27.8. The van der Waals surface area contributed by atoms with Gasteiger partial charge >= 0.3 is 0 Å². The van der Waals surface area contributed by atoms with Crippen LogP contribution in [-0.2, 0) is 16.1 Å². The van der Waals surface area contributed by atoms with Crippen molar-refractivity contribution in [3.8, 4) is 0 Å². The summed E-state index contributed by atoms with van der Waals surface area (Å²) in [5.41, 5.74) is 5.01. The SMILES string of the molecule is CN/C=C\C(NCC(O)Cn1nc(C)cc1C)C(C=O)C1Nc2cc(C)c(C=O)cc2N1.CN1CCC(N(C)C=O)CC1. The lowest BCUT2D eigenvalue weighted by Crippen LogP contribution is -2.48. The van der Waals surface area contributed by atoms with Crippen molar-refractivity contribution in [2.75, 3.05) is 51.4 Å². The Balaban J connectivity index is 0.000000386. The quantitative estimate of drug-likeness (QED) is 0.216. The number of carbonyl (C=O) groups excluding carboxylic acids is 3. The fourth-order valence-electron chi connectivity index (χ4n) is 5.44. The number of amides is 1. The molecule has 4 unspecified atom stereocenters. The average molecular weight is 597 g/mol. The maximum atomic E-state index is 12.1. The largest absolute Gasteiger partial charge is 0.394 e. The van der Waals surface area contributed by atoms with Gasteiger partial charge in [0, 0.05) is 44.0 Å². The first-order valence-corrected chi connectivity index (χ1v) is 14.8. The molecule has 4 atom stereocenters. The lowest BCUT2D eigenvalue weighted by atomic mass is 9.97. The molecular weight excluding hydrogens is 548 g/mol. The molecular formula is C31H48N8O4. The predicted octanol–water partition coefficient (Wildman–Crippen LogP) is 1.52. The number of benzene rings is 1. The number of aliphatic hydroxyl groups excluding tert-OH is 1. The Kier molecular flexibility index (Phi) is 12.7. The summed E-state index contributed by atoms with van der Waals surface area (Å²) in [6, 6.07) is 5.78. The van der Waals surface area contributed by atoms with Gasteiger partial charge in [0.2, 0.25) is 6.41 Å². The number of anilines is 2. The number of aliphatic hydroxyl groups is 1. The third-order valence-corrected chi connectivity index (χ3v) is 8.09. The highest BCUT2D eigenvalue weighted by molar-refractivity contribution is 5.86. The molecule has 0 bridgehead atoms. The number of nitrogens with zero attached hydrogens (tertiary/aromatic N) is 4. The van der Waals surface area contributed by atoms with E-state index in [0.29, 0.717) is 18.2 Å². The molecule has 5 N–H and O–H groups in total. The smallest absolute Gasteiger partial charge is 0.209 e. The summed E-state index contributed by atoms with van der Waals surface area (Å²) in [4.78, 5) is 37.9. The number of nitrogens with one attached hydrogen (secondary N) is 4. The summed E-state index contributed by atoms with van der Waals surface area (Å²) in [7, 11) is 5.77. The minimum absolute atomic E-state index is 0.287. The Morgan fingerprint density at radius 3 is 2.35 bits per heavy atom. The number of hydrogen-bond acceptors (Lipinski definition) is 10. The lowest BCUT2D eigenvalue weighted by molar-refractivity contribution is -0.119. The Labute approximate surface area is 254 Å². The number of rotatable bonds is 13. The van der Waals surface area contributed by atoms with Crippen LogP contribution in [0.3, 0.4) is 0 Å². The average Bonchev–Trinajstić information content (AvgIpc) is 3.54. The minimum Gasteiger partial charge on any atom is -0.394 e. The zero-order valence-corrected chi connectivity index (χ0v) is 26.2. The molecule has 1 aromatic heterocycles. The molecule has 3 heterocycles. The molecule has 0 radical (unpaired) electrons.